The van der Waals surface area contributed by atoms with Gasteiger partial charge in [0, 0.05) is 13.1 Å². The van der Waals surface area contributed by atoms with Crippen LogP contribution >= 0.6 is 0 Å². The topological polar surface area (TPSA) is 186 Å². The van der Waals surface area contributed by atoms with Crippen LogP contribution in [0.4, 0.5) is 0 Å². The van der Waals surface area contributed by atoms with Gasteiger partial charge in [0.25, 0.3) is 0 Å². The van der Waals surface area contributed by atoms with Gasteiger partial charge in [-0.3, -0.25) is 24.2 Å². The number of guanidine groups is 1. The van der Waals surface area contributed by atoms with E-state index in [2.05, 4.69) is 15.6 Å². The number of nitrogens with two attached hydrogens (primary N) is 3. The summed E-state index contributed by atoms with van der Waals surface area (Å²) in [6.07, 6.45) is 1.44. The quantitative estimate of drug-likeness (QED) is 0.127. The molecular weight excluding hydrogens is 414 g/mol. The van der Waals surface area contributed by atoms with Crippen molar-refractivity contribution in [2.24, 2.45) is 22.2 Å². The van der Waals surface area contributed by atoms with Crippen LogP contribution in [-0.2, 0) is 19.2 Å². The summed E-state index contributed by atoms with van der Waals surface area (Å²) in [5.41, 5.74) is 15.7. The van der Waals surface area contributed by atoms with E-state index in [1.54, 1.807) is 0 Å². The second kappa shape index (κ2) is 21.4. The summed E-state index contributed by atoms with van der Waals surface area (Å²) in [7, 11) is 0. The number of carbonyl (C=O) groups excluding carboxylic acids is 4. The van der Waals surface area contributed by atoms with E-state index in [4.69, 9.17) is 17.2 Å². The summed E-state index contributed by atoms with van der Waals surface area (Å²) in [4.78, 5) is 52.3. The zero-order valence-electron chi connectivity index (χ0n) is 20.9. The average molecular weight is 460 g/mol. The molecule has 1 aliphatic rings. The second-order valence-electron chi connectivity index (χ2n) is 6.06. The Morgan fingerprint density at radius 3 is 2.06 bits per heavy atom. The SMILES string of the molecule is CC.CC.CC.CCCN(CC(N)=O)C(=O)[C@H](CCCN=C(N)N)NC(=O)C1CC(=O)N1. The van der Waals surface area contributed by atoms with Crippen molar-refractivity contribution in [3.05, 3.63) is 0 Å². The van der Waals surface area contributed by atoms with Crippen molar-refractivity contribution in [2.75, 3.05) is 19.6 Å². The van der Waals surface area contributed by atoms with Crippen molar-refractivity contribution in [1.29, 1.82) is 0 Å². The standard InChI is InChI=1S/C15H27N7O4.3C2H6/c1-2-6-22(8-11(16)23)14(26)9(4-3-5-19-15(17)18)21-13(25)10-7-12(24)20-10;3*1-2/h9-10H,2-8H2,1H3,(H2,16,23)(H,20,24)(H,21,25)(H4,17,18,19);3*1-2H3/t9-,10?;;;/m0.../s1. The minimum atomic E-state index is -0.861. The van der Waals surface area contributed by atoms with Crippen LogP contribution in [-0.4, -0.2) is 66.2 Å². The summed E-state index contributed by atoms with van der Waals surface area (Å²) >= 11 is 0. The Morgan fingerprint density at radius 2 is 1.66 bits per heavy atom. The normalized spacial score (nSPS) is 14.1. The number of β-lactam (4-membered cyclic amide) rings is 1. The lowest BCUT2D eigenvalue weighted by Gasteiger charge is -2.30. The highest BCUT2D eigenvalue weighted by Crippen LogP contribution is 2.09. The molecule has 2 atom stereocenters. The predicted octanol–water partition coefficient (Wildman–Crippen LogP) is 0.216. The largest absolute Gasteiger partial charge is 0.370 e. The van der Waals surface area contributed by atoms with E-state index in [-0.39, 0.29) is 31.3 Å². The van der Waals surface area contributed by atoms with Crippen LogP contribution in [0.25, 0.3) is 0 Å². The third-order valence-corrected chi connectivity index (χ3v) is 3.75. The van der Waals surface area contributed by atoms with E-state index in [0.29, 0.717) is 25.9 Å². The van der Waals surface area contributed by atoms with Crippen LogP contribution < -0.4 is 27.8 Å². The van der Waals surface area contributed by atoms with Crippen LogP contribution in [0.15, 0.2) is 4.99 Å². The van der Waals surface area contributed by atoms with Gasteiger partial charge in [-0.2, -0.15) is 0 Å². The van der Waals surface area contributed by atoms with Crippen LogP contribution in [0.3, 0.4) is 0 Å². The molecule has 4 amide bonds. The minimum absolute atomic E-state index is 0.0598. The minimum Gasteiger partial charge on any atom is -0.370 e. The first-order valence-electron chi connectivity index (χ1n) is 11.5. The van der Waals surface area contributed by atoms with E-state index < -0.39 is 29.8 Å². The van der Waals surface area contributed by atoms with Crippen molar-refractivity contribution < 1.29 is 19.2 Å². The fraction of sp³-hybridized carbons (Fsp3) is 0.762. The van der Waals surface area contributed by atoms with Crippen LogP contribution in [0.5, 0.6) is 0 Å². The van der Waals surface area contributed by atoms with Gasteiger partial charge in [-0.05, 0) is 19.3 Å². The van der Waals surface area contributed by atoms with Gasteiger partial charge in [0.15, 0.2) is 5.96 Å². The van der Waals surface area contributed by atoms with E-state index in [1.807, 2.05) is 48.5 Å². The molecule has 0 aromatic heterocycles. The van der Waals surface area contributed by atoms with Crippen molar-refractivity contribution >= 4 is 29.6 Å². The fourth-order valence-electron chi connectivity index (χ4n) is 2.50. The molecule has 1 rings (SSSR count). The van der Waals surface area contributed by atoms with Gasteiger partial charge in [0.2, 0.25) is 23.6 Å². The number of hydrogen-bond acceptors (Lipinski definition) is 5. The fourth-order valence-corrected chi connectivity index (χ4v) is 2.50. The highest BCUT2D eigenvalue weighted by Gasteiger charge is 2.35. The summed E-state index contributed by atoms with van der Waals surface area (Å²) < 4.78 is 0. The number of hydrogen-bond donors (Lipinski definition) is 5. The molecule has 11 heteroatoms. The zero-order chi connectivity index (χ0) is 25.7. The van der Waals surface area contributed by atoms with Gasteiger partial charge in [-0.15, -0.1) is 0 Å². The first-order valence-corrected chi connectivity index (χ1v) is 11.5. The number of nitrogens with one attached hydrogen (secondary N) is 2. The summed E-state index contributed by atoms with van der Waals surface area (Å²) in [5, 5.41) is 5.08. The van der Waals surface area contributed by atoms with Crippen molar-refractivity contribution in [3.8, 4) is 0 Å². The molecule has 1 heterocycles. The Labute approximate surface area is 192 Å². The van der Waals surface area contributed by atoms with Crippen LogP contribution in [0.2, 0.25) is 0 Å². The molecule has 0 aliphatic carbocycles. The highest BCUT2D eigenvalue weighted by atomic mass is 16.2. The third-order valence-electron chi connectivity index (χ3n) is 3.75. The summed E-state index contributed by atoms with van der Waals surface area (Å²) in [6.45, 7) is 14.3. The third kappa shape index (κ3) is 15.0. The maximum Gasteiger partial charge on any atom is 0.245 e. The molecule has 1 aliphatic heterocycles. The predicted molar refractivity (Wildman–Crippen MR) is 128 cm³/mol. The molecule has 0 saturated carbocycles. The second-order valence-corrected chi connectivity index (χ2v) is 6.06. The van der Waals surface area contributed by atoms with Crippen molar-refractivity contribution in [2.45, 2.75) is 86.2 Å². The molecule has 1 fully saturated rings. The molecule has 11 nitrogen and oxygen atoms in total. The van der Waals surface area contributed by atoms with Gasteiger partial charge in [0.1, 0.15) is 12.1 Å². The lowest BCUT2D eigenvalue weighted by atomic mass is 10.0. The number of rotatable bonds is 11. The van der Waals surface area contributed by atoms with E-state index in [9.17, 15) is 19.2 Å². The molecule has 0 aromatic rings. The first kappa shape index (κ1) is 33.8. The van der Waals surface area contributed by atoms with Gasteiger partial charge < -0.3 is 32.7 Å². The Balaban J connectivity index is -0.00000129. The number of primary amides is 1. The molecule has 1 unspecified atom stereocenters. The smallest absolute Gasteiger partial charge is 0.245 e. The van der Waals surface area contributed by atoms with Gasteiger partial charge in [0.05, 0.1) is 13.0 Å². The molecule has 0 bridgehead atoms. The Bertz CT molecular complexity index is 570. The monoisotopic (exact) mass is 459 g/mol. The van der Waals surface area contributed by atoms with Crippen molar-refractivity contribution in [3.63, 3.8) is 0 Å². The van der Waals surface area contributed by atoms with Crippen LogP contribution in [0.1, 0.15) is 74.1 Å². The number of nitrogens with zero attached hydrogens (tertiary/aromatic N) is 2. The zero-order valence-corrected chi connectivity index (χ0v) is 20.9. The average Bonchev–Trinajstić information content (AvgIpc) is 2.76. The van der Waals surface area contributed by atoms with Gasteiger partial charge >= 0.3 is 0 Å². The summed E-state index contributed by atoms with van der Waals surface area (Å²) in [5.74, 6) is -1.77. The van der Waals surface area contributed by atoms with E-state index in [1.165, 1.54) is 4.90 Å². The highest BCUT2D eigenvalue weighted by molar-refractivity contribution is 5.99. The first-order chi connectivity index (χ1) is 15.2. The van der Waals surface area contributed by atoms with Crippen molar-refractivity contribution in [1.82, 2.24) is 15.5 Å². The Kier molecular flexibility index (Phi) is 22.6. The van der Waals surface area contributed by atoms with Crippen LogP contribution in [0, 0.1) is 0 Å². The Hall–Kier alpha value is -2.85. The number of aliphatic imine (C=N–C) groups is 1. The van der Waals surface area contributed by atoms with Gasteiger partial charge in [-0.25, -0.2) is 0 Å². The molecule has 0 spiro atoms. The molecule has 188 valence electrons. The number of carbonyl (C=O) groups is 4. The molecule has 32 heavy (non-hydrogen) atoms. The molecular formula is C21H45N7O4. The molecule has 0 radical (unpaired) electrons. The lowest BCUT2D eigenvalue weighted by molar-refractivity contribution is -0.141. The maximum absolute atomic E-state index is 12.8. The Morgan fingerprint density at radius 1 is 1.12 bits per heavy atom. The number of amides is 4. The molecule has 8 N–H and O–H groups in total. The molecule has 0 aromatic carbocycles. The van der Waals surface area contributed by atoms with E-state index >= 15 is 0 Å². The molecule has 1 saturated heterocycles. The lowest BCUT2D eigenvalue weighted by Crippen LogP contribution is -2.60. The maximum atomic E-state index is 12.8. The van der Waals surface area contributed by atoms with E-state index in [0.717, 1.165) is 0 Å². The van der Waals surface area contributed by atoms with Gasteiger partial charge in [-0.1, -0.05) is 48.5 Å². The summed E-state index contributed by atoms with van der Waals surface area (Å²) in [6, 6.07) is -1.51.